The summed E-state index contributed by atoms with van der Waals surface area (Å²) in [7, 11) is 0. The lowest BCUT2D eigenvalue weighted by Crippen LogP contribution is -2.11. The number of benzene rings is 2. The number of carbonyl (C=O) groups is 2. The van der Waals surface area contributed by atoms with Crippen molar-refractivity contribution in [2.45, 2.75) is 13.1 Å². The molecule has 0 bridgehead atoms. The molecule has 0 unspecified atom stereocenters. The van der Waals surface area contributed by atoms with Gasteiger partial charge < -0.3 is 5.73 Å². The maximum Gasteiger partial charge on any atom is 0.274 e. The summed E-state index contributed by atoms with van der Waals surface area (Å²) in [5.74, 6) is -3.47. The van der Waals surface area contributed by atoms with Crippen LogP contribution in [0.5, 0.6) is 0 Å². The zero-order valence-corrected chi connectivity index (χ0v) is 17.8. The van der Waals surface area contributed by atoms with Crippen molar-refractivity contribution in [2.75, 3.05) is 0 Å². The minimum absolute atomic E-state index is 0.0539. The minimum Gasteiger partial charge on any atom is -0.364 e. The summed E-state index contributed by atoms with van der Waals surface area (Å²) < 4.78 is 55.5. The molecule has 0 aliphatic rings. The highest BCUT2D eigenvalue weighted by molar-refractivity contribution is 6.67. The van der Waals surface area contributed by atoms with Gasteiger partial charge in [0, 0.05) is 11.1 Å². The molecule has 4 rings (SSSR count). The largest absolute Gasteiger partial charge is 0.364 e. The van der Waals surface area contributed by atoms with Crippen LogP contribution < -0.4 is 5.73 Å². The van der Waals surface area contributed by atoms with Crippen LogP contribution in [0.15, 0.2) is 48.8 Å². The third kappa shape index (κ3) is 6.01. The molecule has 34 heavy (non-hydrogen) atoms. The third-order valence-electron chi connectivity index (χ3n) is 4.29. The molecule has 0 aliphatic heterocycles. The average molecular weight is 496 g/mol. The Bertz CT molecular complexity index is 1200. The van der Waals surface area contributed by atoms with Gasteiger partial charge in [0.15, 0.2) is 11.4 Å². The summed E-state index contributed by atoms with van der Waals surface area (Å²) >= 11 is 5.18. The molecule has 2 aromatic carbocycles. The summed E-state index contributed by atoms with van der Waals surface area (Å²) in [6.45, 7) is -0.311. The van der Waals surface area contributed by atoms with E-state index in [0.717, 1.165) is 33.6 Å². The van der Waals surface area contributed by atoms with Gasteiger partial charge in [-0.3, -0.25) is 9.59 Å². The number of amides is 1. The molecule has 0 fully saturated rings. The third-order valence-corrected chi connectivity index (χ3v) is 4.49. The van der Waals surface area contributed by atoms with E-state index in [-0.39, 0.29) is 35.6 Å². The zero-order chi connectivity index (χ0) is 24.8. The van der Waals surface area contributed by atoms with Gasteiger partial charge in [0.1, 0.15) is 23.3 Å². The smallest absolute Gasteiger partial charge is 0.274 e. The monoisotopic (exact) mass is 495 g/mol. The molecule has 0 radical (unpaired) electrons. The Labute approximate surface area is 193 Å². The van der Waals surface area contributed by atoms with E-state index in [1.807, 2.05) is 0 Å². The van der Waals surface area contributed by atoms with Gasteiger partial charge in [-0.1, -0.05) is 22.6 Å². The molecule has 1 amide bonds. The molecule has 0 spiro atoms. The first-order valence-corrected chi connectivity index (χ1v) is 9.69. The number of nitrogens with zero attached hydrogens (tertiary/aromatic N) is 6. The van der Waals surface area contributed by atoms with Gasteiger partial charge in [0.05, 0.1) is 25.5 Å². The predicted octanol–water partition coefficient (Wildman–Crippen LogP) is 2.69. The highest BCUT2D eigenvalue weighted by Crippen LogP contribution is 2.14. The van der Waals surface area contributed by atoms with E-state index in [0.29, 0.717) is 0 Å². The predicted molar refractivity (Wildman–Crippen MR) is 110 cm³/mol. The molecule has 4 aromatic rings. The van der Waals surface area contributed by atoms with Crippen molar-refractivity contribution in [2.24, 2.45) is 5.73 Å². The number of primary amides is 1. The van der Waals surface area contributed by atoms with E-state index in [1.54, 1.807) is 0 Å². The van der Waals surface area contributed by atoms with Gasteiger partial charge >= 0.3 is 0 Å². The Morgan fingerprint density at radius 3 is 1.47 bits per heavy atom. The van der Waals surface area contributed by atoms with Crippen LogP contribution >= 0.6 is 11.6 Å². The van der Waals surface area contributed by atoms with Gasteiger partial charge in [-0.15, -0.1) is 10.2 Å². The van der Waals surface area contributed by atoms with E-state index >= 15 is 0 Å². The van der Waals surface area contributed by atoms with Crippen LogP contribution in [0.3, 0.4) is 0 Å². The molecule has 0 saturated carbocycles. The van der Waals surface area contributed by atoms with Gasteiger partial charge in [0.2, 0.25) is 0 Å². The van der Waals surface area contributed by atoms with E-state index in [4.69, 9.17) is 17.3 Å². The van der Waals surface area contributed by atoms with E-state index in [9.17, 15) is 27.2 Å². The number of halogens is 5. The van der Waals surface area contributed by atoms with Gasteiger partial charge in [-0.05, 0) is 35.9 Å². The molecule has 2 aromatic heterocycles. The van der Waals surface area contributed by atoms with Gasteiger partial charge in [-0.2, -0.15) is 0 Å². The van der Waals surface area contributed by atoms with Gasteiger partial charge in [0.25, 0.3) is 11.1 Å². The highest BCUT2D eigenvalue weighted by Gasteiger charge is 2.13. The van der Waals surface area contributed by atoms with Crippen molar-refractivity contribution >= 4 is 22.8 Å². The van der Waals surface area contributed by atoms with Crippen molar-refractivity contribution in [3.05, 3.63) is 94.6 Å². The molecule has 2 N–H and O–H groups in total. The Kier molecular flexibility index (Phi) is 7.68. The van der Waals surface area contributed by atoms with Crippen molar-refractivity contribution in [1.29, 1.82) is 0 Å². The maximum absolute atomic E-state index is 13.3. The van der Waals surface area contributed by atoms with Crippen molar-refractivity contribution in [3.63, 3.8) is 0 Å². The Hall–Kier alpha value is -4.13. The summed E-state index contributed by atoms with van der Waals surface area (Å²) in [6.07, 6.45) is 2.45. The Morgan fingerprint density at radius 2 is 1.15 bits per heavy atom. The average Bonchev–Trinajstić information content (AvgIpc) is 3.44. The zero-order valence-electron chi connectivity index (χ0n) is 17.0. The second kappa shape index (κ2) is 10.7. The fraction of sp³-hybridized carbons (Fsp3) is 0.100. The van der Waals surface area contributed by atoms with Crippen LogP contribution in [-0.2, 0) is 13.1 Å². The fourth-order valence-electron chi connectivity index (χ4n) is 2.65. The van der Waals surface area contributed by atoms with Crippen molar-refractivity contribution < 1.29 is 27.2 Å². The normalized spacial score (nSPS) is 10.5. The number of hydrogen-bond donors (Lipinski definition) is 1. The maximum atomic E-state index is 13.3. The summed E-state index contributed by atoms with van der Waals surface area (Å²) in [6, 6.07) is 7.11. The molecular weight excluding hydrogens is 482 g/mol. The number of hydrogen-bond acceptors (Lipinski definition) is 6. The van der Waals surface area contributed by atoms with Crippen LogP contribution in [0.2, 0.25) is 0 Å². The molecule has 0 saturated heterocycles. The first-order chi connectivity index (χ1) is 16.2. The van der Waals surface area contributed by atoms with Crippen molar-refractivity contribution in [3.8, 4) is 0 Å². The molecule has 14 heteroatoms. The first-order valence-electron chi connectivity index (χ1n) is 9.31. The standard InChI is InChI=1S/C10H6ClF2N3O.C10H8F2N4O/c11-10(17)9-5-16(15-14-9)4-6-7(12)2-1-3-8(6)13;11-7-2-1-3-8(12)6(7)4-16-5-9(10(13)17)14-15-16/h1-3,5H,4H2;1-3,5H,4H2,(H2,13,17). The summed E-state index contributed by atoms with van der Waals surface area (Å²) in [4.78, 5) is 21.5. The van der Waals surface area contributed by atoms with Crippen LogP contribution in [0.25, 0.3) is 0 Å². The lowest BCUT2D eigenvalue weighted by atomic mass is 10.2. The topological polar surface area (TPSA) is 122 Å². The SMILES string of the molecule is NC(=O)c1cn(Cc2c(F)cccc2F)nn1.O=C(Cl)c1cn(Cc2c(F)cccc2F)nn1. The lowest BCUT2D eigenvalue weighted by Gasteiger charge is -2.03. The highest BCUT2D eigenvalue weighted by atomic mass is 35.5. The van der Waals surface area contributed by atoms with E-state index in [2.05, 4.69) is 20.6 Å². The van der Waals surface area contributed by atoms with Crippen LogP contribution in [0.1, 0.15) is 32.1 Å². The van der Waals surface area contributed by atoms with Crippen LogP contribution in [0, 0.1) is 23.3 Å². The minimum atomic E-state index is -0.773. The molecule has 0 aliphatic carbocycles. The summed E-state index contributed by atoms with van der Waals surface area (Å²) in [5.41, 5.74) is 4.56. The Balaban J connectivity index is 0.000000191. The number of rotatable bonds is 6. The van der Waals surface area contributed by atoms with Gasteiger partial charge in [-0.25, -0.2) is 26.9 Å². The van der Waals surface area contributed by atoms with Crippen LogP contribution in [-0.4, -0.2) is 41.1 Å². The second-order valence-electron chi connectivity index (χ2n) is 6.64. The molecule has 176 valence electrons. The van der Waals surface area contributed by atoms with Crippen molar-refractivity contribution in [1.82, 2.24) is 30.0 Å². The number of nitrogens with two attached hydrogens (primary N) is 1. The lowest BCUT2D eigenvalue weighted by molar-refractivity contribution is 0.0994. The molecule has 9 nitrogen and oxygen atoms in total. The number of aromatic nitrogens is 6. The van der Waals surface area contributed by atoms with Crippen LogP contribution in [0.4, 0.5) is 17.6 Å². The fourth-order valence-corrected chi connectivity index (χ4v) is 2.73. The number of carbonyl (C=O) groups excluding carboxylic acids is 2. The first kappa shape index (κ1) is 24.5. The van der Waals surface area contributed by atoms with E-state index < -0.39 is 34.4 Å². The quantitative estimate of drug-likeness (QED) is 0.324. The summed E-state index contributed by atoms with van der Waals surface area (Å²) in [5, 5.41) is 13.2. The van der Waals surface area contributed by atoms with E-state index in [1.165, 1.54) is 24.5 Å². The molecule has 0 atom stereocenters. The Morgan fingerprint density at radius 1 is 0.765 bits per heavy atom. The molecule has 2 heterocycles. The molecular formula is C20H14ClF4N7O2. The second-order valence-corrected chi connectivity index (χ2v) is 6.98.